The van der Waals surface area contributed by atoms with Gasteiger partial charge >= 0.3 is 0 Å². The Bertz CT molecular complexity index is 554. The highest BCUT2D eigenvalue weighted by Gasteiger charge is 2.79. The molecule has 0 radical (unpaired) electrons. The molecule has 10 heteroatoms. The molecule has 0 bridgehead atoms. The lowest BCUT2D eigenvalue weighted by atomic mass is 11.8. The molecule has 174 valence electrons. The first kappa shape index (κ1) is 29.2. The Morgan fingerprint density at radius 3 is 0.655 bits per heavy atom. The van der Waals surface area contributed by atoms with Gasteiger partial charge in [0.15, 0.2) is 0 Å². The third-order valence-corrected chi connectivity index (χ3v) is 301. The molecule has 0 aromatic carbocycles. The van der Waals surface area contributed by atoms with Crippen molar-refractivity contribution < 1.29 is 0 Å². The maximum Gasteiger partial charge on any atom is 0.000477 e. The molecule has 1 aliphatic heterocycles. The topological polar surface area (TPSA) is 0 Å². The minimum Gasteiger partial charge on any atom is -0.264 e. The van der Waals surface area contributed by atoms with Crippen LogP contribution >= 0.6 is 0 Å². The van der Waals surface area contributed by atoms with Crippen LogP contribution in [-0.4, -0.2) is 71.8 Å². The van der Waals surface area contributed by atoms with Gasteiger partial charge < -0.3 is 0 Å². The molecule has 0 amide bonds. The first-order chi connectivity index (χ1) is 12.1. The molecule has 1 heterocycles. The Balaban J connectivity index is 4.61. The van der Waals surface area contributed by atoms with Gasteiger partial charge in [0.1, 0.15) is 0 Å². The summed E-state index contributed by atoms with van der Waals surface area (Å²) in [5.74, 6) is 0. The van der Waals surface area contributed by atoms with E-state index in [4.69, 9.17) is 0 Å². The first-order valence-corrected chi connectivity index (χ1v) is 51.0. The molecule has 1 saturated heterocycles. The Morgan fingerprint density at radius 2 is 0.552 bits per heavy atom. The van der Waals surface area contributed by atoms with Crippen LogP contribution in [0.3, 0.4) is 0 Å². The first-order valence-electron chi connectivity index (χ1n) is 12.0. The van der Waals surface area contributed by atoms with E-state index in [1.807, 2.05) is 0 Å². The molecule has 29 heavy (non-hydrogen) atoms. The average Bonchev–Trinajstić information content (AvgIpc) is 2.44. The summed E-state index contributed by atoms with van der Waals surface area (Å²) in [6.07, 6.45) is -2.49. The van der Waals surface area contributed by atoms with Crippen LogP contribution in [0.2, 0.25) is 124 Å². The van der Waals surface area contributed by atoms with Crippen LogP contribution in [-0.2, 0) is 0 Å². The van der Waals surface area contributed by atoms with E-state index in [0.717, 1.165) is 0 Å². The van der Waals surface area contributed by atoms with E-state index in [-0.39, 0.29) is 7.35 Å². The van der Waals surface area contributed by atoms with E-state index >= 15 is 0 Å². The van der Waals surface area contributed by atoms with Crippen molar-refractivity contribution in [2.24, 2.45) is 0 Å². The molecule has 0 atom stereocenters. The van der Waals surface area contributed by atoms with Crippen molar-refractivity contribution in [3.05, 3.63) is 0 Å². The molecule has 0 aliphatic carbocycles. The third-order valence-electron chi connectivity index (χ3n) is 9.44. The zero-order valence-corrected chi connectivity index (χ0v) is 34.0. The number of rotatable bonds is 5. The van der Waals surface area contributed by atoms with E-state index in [1.54, 1.807) is 0 Å². The fourth-order valence-corrected chi connectivity index (χ4v) is 661. The highest BCUT2D eigenvalue weighted by Crippen LogP contribution is 2.59. The highest BCUT2D eigenvalue weighted by molar-refractivity contribution is 8.41. The average molecular weight is 567 g/mol. The monoisotopic (exact) mass is 565 g/mol. The minimum atomic E-state index is -1.25. The van der Waals surface area contributed by atoms with Crippen molar-refractivity contribution in [1.82, 2.24) is 0 Å². The van der Waals surface area contributed by atoms with Crippen LogP contribution < -0.4 is 0 Å². The summed E-state index contributed by atoms with van der Waals surface area (Å²) in [6, 6.07) is 0. The van der Waals surface area contributed by atoms with E-state index in [9.17, 15) is 0 Å². The molecular formula is C19H57Si10-. The van der Waals surface area contributed by atoms with Crippen molar-refractivity contribution in [3.63, 3.8) is 0 Å². The Labute approximate surface area is 195 Å². The summed E-state index contributed by atoms with van der Waals surface area (Å²) in [7, 11) is -8.61. The smallest absolute Gasteiger partial charge is 0.000477 e. The van der Waals surface area contributed by atoms with Crippen LogP contribution in [0.5, 0.6) is 0 Å². The Hall–Kier alpha value is 2.17. The van der Waals surface area contributed by atoms with E-state index in [2.05, 4.69) is 124 Å². The quantitative estimate of drug-likeness (QED) is 0.307. The van der Waals surface area contributed by atoms with Crippen molar-refractivity contribution in [3.8, 4) is 0 Å². The van der Waals surface area contributed by atoms with E-state index in [0.29, 0.717) is 0 Å². The van der Waals surface area contributed by atoms with Crippen molar-refractivity contribution >= 4 is 71.8 Å². The summed E-state index contributed by atoms with van der Waals surface area (Å²) in [4.78, 5) is 0. The van der Waals surface area contributed by atoms with Crippen LogP contribution in [0.15, 0.2) is 0 Å². The lowest BCUT2D eigenvalue weighted by molar-refractivity contribution is 1.77. The molecule has 0 saturated carbocycles. The van der Waals surface area contributed by atoms with Gasteiger partial charge in [-0.25, -0.2) is 0 Å². The van der Waals surface area contributed by atoms with Crippen LogP contribution in [0.4, 0.5) is 0 Å². The normalized spacial score (nSPS) is 25.3. The maximum atomic E-state index is 3.09. The van der Waals surface area contributed by atoms with Gasteiger partial charge in [0.25, 0.3) is 0 Å². The van der Waals surface area contributed by atoms with Crippen molar-refractivity contribution in [1.29, 1.82) is 0 Å². The van der Waals surface area contributed by atoms with Crippen molar-refractivity contribution in [2.75, 3.05) is 0 Å². The number of hydrogen-bond donors (Lipinski definition) is 0. The Morgan fingerprint density at radius 1 is 0.379 bits per heavy atom. The Kier molecular flexibility index (Phi) is 7.38. The van der Waals surface area contributed by atoms with Gasteiger partial charge in [-0.15, -0.1) is 19.9 Å². The zero-order chi connectivity index (χ0) is 24.1. The second-order valence-electron chi connectivity index (χ2n) is 16.4. The van der Waals surface area contributed by atoms with Gasteiger partial charge in [0, 0.05) is 30.4 Å². The van der Waals surface area contributed by atoms with Crippen LogP contribution in [0, 0.1) is 0 Å². The second kappa shape index (κ2) is 7.33. The predicted octanol–water partition coefficient (Wildman–Crippen LogP) is 7.28. The third kappa shape index (κ3) is 3.46. The van der Waals surface area contributed by atoms with Gasteiger partial charge in [-0.1, -0.05) is 124 Å². The van der Waals surface area contributed by atoms with Gasteiger partial charge in [-0.2, -0.15) is 0 Å². The standard InChI is InChI=1S/C19H57Si10/c1-21(2,3)20-28(22(4,5)6,23(7,8)9)26(16,17)27(18,19)29(20,24(10,11)12)25(13,14)15/h1-19H3/q-1. The zero-order valence-electron chi connectivity index (χ0n) is 24.0. The minimum absolute atomic E-state index is 0.178. The molecule has 1 rings (SSSR count). The summed E-state index contributed by atoms with van der Waals surface area (Å²) in [6.45, 7) is 56.3. The van der Waals surface area contributed by atoms with Crippen LogP contribution in [0.1, 0.15) is 0 Å². The van der Waals surface area contributed by atoms with Crippen molar-refractivity contribution in [2.45, 2.75) is 124 Å². The summed E-state index contributed by atoms with van der Waals surface area (Å²) < 4.78 is 0. The SMILES string of the molecule is C[Si](C)(C)[Si-]1[Si]([Si](C)(C)C)([Si](C)(C)C)[Si](C)(C)[Si](C)(C)[Si]1([Si](C)(C)C)[Si](C)(C)C. The molecular weight excluding hydrogens is 509 g/mol. The molecule has 0 spiro atoms. The maximum absolute atomic E-state index is 3.09. The largest absolute Gasteiger partial charge is 0.264 e. The molecule has 0 N–H and O–H groups in total. The molecule has 1 aliphatic rings. The molecule has 0 nitrogen and oxygen atoms in total. The van der Waals surface area contributed by atoms with Crippen LogP contribution in [0.25, 0.3) is 0 Å². The van der Waals surface area contributed by atoms with Gasteiger partial charge in [-0.05, 0) is 14.2 Å². The predicted molar refractivity (Wildman–Crippen MR) is 169 cm³/mol. The summed E-state index contributed by atoms with van der Waals surface area (Å²) in [5.41, 5.74) is 0. The lowest BCUT2D eigenvalue weighted by Gasteiger charge is -2.75. The summed E-state index contributed by atoms with van der Waals surface area (Å²) in [5, 5.41) is 0. The van der Waals surface area contributed by atoms with Gasteiger partial charge in [0.05, 0.1) is 0 Å². The molecule has 0 aromatic rings. The second-order valence-corrected chi connectivity index (χ2v) is 135. The summed E-state index contributed by atoms with van der Waals surface area (Å²) >= 11 is 0. The highest BCUT2D eigenvalue weighted by atomic mass is 30.6. The van der Waals surface area contributed by atoms with E-state index in [1.165, 1.54) is 0 Å². The number of hydrogen-bond acceptors (Lipinski definition) is 0. The molecule has 0 unspecified atom stereocenters. The molecule has 0 aromatic heterocycles. The van der Waals surface area contributed by atoms with Gasteiger partial charge in [0.2, 0.25) is 0 Å². The van der Waals surface area contributed by atoms with Gasteiger partial charge in [-0.3, -0.25) is 7.35 Å². The lowest BCUT2D eigenvalue weighted by Crippen LogP contribution is -2.96. The fourth-order valence-electron chi connectivity index (χ4n) is 10.5. The fraction of sp³-hybridized carbons (Fsp3) is 1.00. The molecule has 1 fully saturated rings. The van der Waals surface area contributed by atoms with E-state index < -0.39 is 64.5 Å².